The minimum absolute atomic E-state index is 0.0698. The monoisotopic (exact) mass is 274 g/mol. The average molecular weight is 274 g/mol. The van der Waals surface area contributed by atoms with Crippen LogP contribution in [0.3, 0.4) is 0 Å². The van der Waals surface area contributed by atoms with E-state index in [-0.39, 0.29) is 11.5 Å². The summed E-state index contributed by atoms with van der Waals surface area (Å²) in [5.41, 5.74) is 2.69. The molecule has 0 saturated heterocycles. The van der Waals surface area contributed by atoms with Crippen LogP contribution < -0.4 is 0 Å². The summed E-state index contributed by atoms with van der Waals surface area (Å²) in [6.45, 7) is 0. The highest BCUT2D eigenvalue weighted by molar-refractivity contribution is 5.87. The predicted molar refractivity (Wildman–Crippen MR) is 72.2 cm³/mol. The van der Waals surface area contributed by atoms with Crippen molar-refractivity contribution < 1.29 is 14.3 Å². The van der Waals surface area contributed by atoms with Gasteiger partial charge in [-0.1, -0.05) is 6.07 Å². The number of nitrogens with zero attached hydrogens (tertiary/aromatic N) is 2. The van der Waals surface area contributed by atoms with Crippen LogP contribution in [0.1, 0.15) is 34.5 Å². The molecule has 0 bridgehead atoms. The van der Waals surface area contributed by atoms with Crippen molar-refractivity contribution in [1.29, 1.82) is 0 Å². The summed E-state index contributed by atoms with van der Waals surface area (Å²) in [5, 5.41) is 12.9. The quantitative estimate of drug-likeness (QED) is 0.916. The summed E-state index contributed by atoms with van der Waals surface area (Å²) >= 11 is 0. The SMILES string of the molecule is Cn1nc(C(=O)O)cc1-c1ccc2c(c1F)CCCC2. The summed E-state index contributed by atoms with van der Waals surface area (Å²) in [5.74, 6) is -1.34. The van der Waals surface area contributed by atoms with E-state index in [1.165, 1.54) is 10.7 Å². The lowest BCUT2D eigenvalue weighted by Crippen LogP contribution is -2.07. The fraction of sp³-hybridized carbons (Fsp3) is 0.333. The Morgan fingerprint density at radius 1 is 1.35 bits per heavy atom. The first-order valence-corrected chi connectivity index (χ1v) is 6.66. The third-order valence-electron chi connectivity index (χ3n) is 3.84. The molecule has 1 N–H and O–H groups in total. The Morgan fingerprint density at radius 2 is 2.10 bits per heavy atom. The van der Waals surface area contributed by atoms with Gasteiger partial charge in [0.25, 0.3) is 0 Å². The third-order valence-corrected chi connectivity index (χ3v) is 3.84. The second-order valence-electron chi connectivity index (χ2n) is 5.12. The Hall–Kier alpha value is -2.17. The van der Waals surface area contributed by atoms with Crippen molar-refractivity contribution in [1.82, 2.24) is 9.78 Å². The van der Waals surface area contributed by atoms with E-state index in [2.05, 4.69) is 5.10 Å². The molecule has 0 atom stereocenters. The first-order chi connectivity index (χ1) is 9.58. The smallest absolute Gasteiger partial charge is 0.356 e. The van der Waals surface area contributed by atoms with Crippen LogP contribution in [0.15, 0.2) is 18.2 Å². The molecule has 0 spiro atoms. The number of carboxylic acid groups (broad SMARTS) is 1. The van der Waals surface area contributed by atoms with E-state index in [9.17, 15) is 9.18 Å². The van der Waals surface area contributed by atoms with E-state index in [4.69, 9.17) is 5.11 Å². The fourth-order valence-corrected chi connectivity index (χ4v) is 2.80. The molecule has 1 aliphatic rings. The van der Waals surface area contributed by atoms with E-state index in [0.717, 1.165) is 36.8 Å². The Bertz CT molecular complexity index is 691. The van der Waals surface area contributed by atoms with Gasteiger partial charge in [-0.25, -0.2) is 9.18 Å². The highest BCUT2D eigenvalue weighted by Gasteiger charge is 2.20. The molecule has 4 nitrogen and oxygen atoms in total. The van der Waals surface area contributed by atoms with Gasteiger partial charge in [-0.2, -0.15) is 5.10 Å². The van der Waals surface area contributed by atoms with Crippen molar-refractivity contribution >= 4 is 5.97 Å². The average Bonchev–Trinajstić information content (AvgIpc) is 2.82. The van der Waals surface area contributed by atoms with Crippen molar-refractivity contribution in [3.05, 3.63) is 40.8 Å². The van der Waals surface area contributed by atoms with E-state index in [1.54, 1.807) is 13.1 Å². The summed E-state index contributed by atoms with van der Waals surface area (Å²) in [6, 6.07) is 5.08. The summed E-state index contributed by atoms with van der Waals surface area (Å²) in [4.78, 5) is 10.9. The van der Waals surface area contributed by atoms with E-state index >= 15 is 0 Å². The molecule has 5 heteroatoms. The minimum atomic E-state index is -1.11. The fourth-order valence-electron chi connectivity index (χ4n) is 2.80. The molecule has 0 amide bonds. The molecule has 2 aromatic rings. The molecule has 104 valence electrons. The molecule has 1 aromatic carbocycles. The van der Waals surface area contributed by atoms with Crippen LogP contribution >= 0.6 is 0 Å². The number of carbonyl (C=O) groups is 1. The number of rotatable bonds is 2. The topological polar surface area (TPSA) is 55.1 Å². The van der Waals surface area contributed by atoms with Crippen LogP contribution in [0.4, 0.5) is 4.39 Å². The van der Waals surface area contributed by atoms with Crippen LogP contribution in [0.25, 0.3) is 11.3 Å². The predicted octanol–water partition coefficient (Wildman–Crippen LogP) is 2.80. The van der Waals surface area contributed by atoms with Gasteiger partial charge in [0.05, 0.1) is 5.69 Å². The molecular formula is C15H15FN2O2. The zero-order valence-corrected chi connectivity index (χ0v) is 11.2. The van der Waals surface area contributed by atoms with Gasteiger partial charge in [-0.05, 0) is 48.9 Å². The molecule has 0 aliphatic heterocycles. The molecule has 1 heterocycles. The van der Waals surface area contributed by atoms with Gasteiger partial charge in [0.2, 0.25) is 0 Å². The Kier molecular flexibility index (Phi) is 3.04. The van der Waals surface area contributed by atoms with Crippen LogP contribution in [0, 0.1) is 5.82 Å². The molecule has 0 fully saturated rings. The highest BCUT2D eigenvalue weighted by atomic mass is 19.1. The maximum absolute atomic E-state index is 14.6. The largest absolute Gasteiger partial charge is 0.476 e. The molecule has 0 unspecified atom stereocenters. The van der Waals surface area contributed by atoms with Gasteiger partial charge in [0, 0.05) is 12.6 Å². The van der Waals surface area contributed by atoms with E-state index in [0.29, 0.717) is 11.3 Å². The Balaban J connectivity index is 2.13. The maximum atomic E-state index is 14.6. The maximum Gasteiger partial charge on any atom is 0.356 e. The first kappa shape index (κ1) is 12.8. The minimum Gasteiger partial charge on any atom is -0.476 e. The molecular weight excluding hydrogens is 259 g/mol. The number of fused-ring (bicyclic) bond motifs is 1. The molecule has 1 aromatic heterocycles. The number of carboxylic acids is 1. The second-order valence-corrected chi connectivity index (χ2v) is 5.12. The van der Waals surface area contributed by atoms with Crippen LogP contribution in [-0.4, -0.2) is 20.9 Å². The van der Waals surface area contributed by atoms with Gasteiger partial charge < -0.3 is 5.11 Å². The first-order valence-electron chi connectivity index (χ1n) is 6.66. The number of hydrogen-bond donors (Lipinski definition) is 1. The molecule has 3 rings (SSSR count). The highest BCUT2D eigenvalue weighted by Crippen LogP contribution is 2.31. The summed E-state index contributed by atoms with van der Waals surface area (Å²) in [6.07, 6.45) is 3.76. The second kappa shape index (κ2) is 4.74. The van der Waals surface area contributed by atoms with Crippen LogP contribution in [0.5, 0.6) is 0 Å². The van der Waals surface area contributed by atoms with Crippen LogP contribution in [-0.2, 0) is 19.9 Å². The van der Waals surface area contributed by atoms with Crippen molar-refractivity contribution in [2.75, 3.05) is 0 Å². The lowest BCUT2D eigenvalue weighted by atomic mass is 9.89. The number of halogens is 1. The van der Waals surface area contributed by atoms with Gasteiger partial charge in [-0.15, -0.1) is 0 Å². The molecule has 0 saturated carbocycles. The van der Waals surface area contributed by atoms with Crippen LogP contribution in [0.2, 0.25) is 0 Å². The molecule has 0 radical (unpaired) electrons. The van der Waals surface area contributed by atoms with E-state index in [1.807, 2.05) is 6.07 Å². The normalized spacial score (nSPS) is 14.1. The van der Waals surface area contributed by atoms with Crippen molar-refractivity contribution in [2.24, 2.45) is 7.05 Å². The van der Waals surface area contributed by atoms with Crippen molar-refractivity contribution in [2.45, 2.75) is 25.7 Å². The lowest BCUT2D eigenvalue weighted by Gasteiger charge is -2.18. The summed E-state index contributed by atoms with van der Waals surface area (Å²) in [7, 11) is 1.63. The zero-order chi connectivity index (χ0) is 14.3. The number of aryl methyl sites for hydroxylation is 2. The Morgan fingerprint density at radius 3 is 2.80 bits per heavy atom. The third kappa shape index (κ3) is 1.99. The van der Waals surface area contributed by atoms with Gasteiger partial charge in [0.1, 0.15) is 5.82 Å². The van der Waals surface area contributed by atoms with Crippen molar-refractivity contribution in [3.8, 4) is 11.3 Å². The number of aromatic carboxylic acids is 1. The summed E-state index contributed by atoms with van der Waals surface area (Å²) < 4.78 is 16.1. The number of hydrogen-bond acceptors (Lipinski definition) is 2. The lowest BCUT2D eigenvalue weighted by molar-refractivity contribution is 0.0689. The molecule has 20 heavy (non-hydrogen) atoms. The van der Waals surface area contributed by atoms with E-state index < -0.39 is 5.97 Å². The standard InChI is InChI=1S/C15H15FN2O2/c1-18-13(8-12(17-18)15(19)20)11-7-6-9-4-2-3-5-10(9)14(11)16/h6-8H,2-5H2,1H3,(H,19,20). The number of aromatic nitrogens is 2. The van der Waals surface area contributed by atoms with Gasteiger partial charge in [-0.3, -0.25) is 4.68 Å². The van der Waals surface area contributed by atoms with Gasteiger partial charge >= 0.3 is 5.97 Å². The molecule has 1 aliphatic carbocycles. The van der Waals surface area contributed by atoms with Gasteiger partial charge in [0.15, 0.2) is 5.69 Å². The van der Waals surface area contributed by atoms with Crippen molar-refractivity contribution in [3.63, 3.8) is 0 Å². The zero-order valence-electron chi connectivity index (χ0n) is 11.2. The number of benzene rings is 1. The Labute approximate surface area is 115 Å².